The van der Waals surface area contributed by atoms with E-state index in [1.54, 1.807) is 48.8 Å². The second kappa shape index (κ2) is 12.0. The monoisotopic (exact) mass is 530 g/mol. The zero-order valence-corrected chi connectivity index (χ0v) is 21.4. The van der Waals surface area contributed by atoms with Crippen LogP contribution in [0.25, 0.3) is 11.4 Å². The molecular weight excluding hydrogens is 504 g/mol. The third-order valence-corrected chi connectivity index (χ3v) is 6.66. The van der Waals surface area contributed by atoms with Crippen molar-refractivity contribution < 1.29 is 14.1 Å². The molecule has 2 aromatic carbocycles. The fourth-order valence-corrected chi connectivity index (χ4v) is 4.57. The van der Waals surface area contributed by atoms with Crippen LogP contribution in [0.15, 0.2) is 77.6 Å². The van der Waals surface area contributed by atoms with Crippen molar-refractivity contribution in [2.24, 2.45) is 5.92 Å². The van der Waals surface area contributed by atoms with Gasteiger partial charge in [0.15, 0.2) is 0 Å². The van der Waals surface area contributed by atoms with Gasteiger partial charge < -0.3 is 15.2 Å². The van der Waals surface area contributed by atoms with E-state index in [4.69, 9.17) is 16.1 Å². The van der Waals surface area contributed by atoms with E-state index >= 15 is 0 Å². The van der Waals surface area contributed by atoms with E-state index in [2.05, 4.69) is 30.7 Å². The van der Waals surface area contributed by atoms with Crippen molar-refractivity contribution in [3.8, 4) is 11.4 Å². The van der Waals surface area contributed by atoms with Crippen LogP contribution in [0.2, 0.25) is 5.02 Å². The van der Waals surface area contributed by atoms with E-state index < -0.39 is 0 Å². The molecule has 1 atom stereocenters. The van der Waals surface area contributed by atoms with Crippen LogP contribution in [0.1, 0.15) is 34.7 Å². The van der Waals surface area contributed by atoms with Gasteiger partial charge in [0.25, 0.3) is 5.91 Å². The van der Waals surface area contributed by atoms with Gasteiger partial charge >= 0.3 is 0 Å². The Kier molecular flexibility index (Phi) is 8.06. The number of halogens is 1. The Bertz CT molecular complexity index is 1390. The molecule has 0 radical (unpaired) electrons. The smallest absolute Gasteiger partial charge is 0.253 e. The van der Waals surface area contributed by atoms with Gasteiger partial charge in [-0.05, 0) is 67.4 Å². The molecule has 1 unspecified atom stereocenters. The van der Waals surface area contributed by atoms with Crippen molar-refractivity contribution in [2.45, 2.75) is 25.9 Å². The summed E-state index contributed by atoms with van der Waals surface area (Å²) in [5.74, 6) is 0.388. The van der Waals surface area contributed by atoms with Gasteiger partial charge in [-0.25, -0.2) is 0 Å². The molecule has 3 heterocycles. The van der Waals surface area contributed by atoms with Gasteiger partial charge in [0.2, 0.25) is 17.6 Å². The van der Waals surface area contributed by atoms with E-state index in [0.29, 0.717) is 47.6 Å². The quantitative estimate of drug-likeness (QED) is 0.343. The summed E-state index contributed by atoms with van der Waals surface area (Å²) in [6.45, 7) is 2.19. The molecular formula is C28H27ClN6O3. The molecule has 1 aliphatic rings. The van der Waals surface area contributed by atoms with E-state index in [0.717, 1.165) is 30.5 Å². The lowest BCUT2D eigenvalue weighted by Crippen LogP contribution is -2.40. The van der Waals surface area contributed by atoms with Gasteiger partial charge in [0.1, 0.15) is 0 Å². The molecule has 0 saturated carbocycles. The highest BCUT2D eigenvalue weighted by Gasteiger charge is 2.28. The van der Waals surface area contributed by atoms with Gasteiger partial charge in [-0.15, -0.1) is 0 Å². The average Bonchev–Trinajstić information content (AvgIpc) is 3.41. The molecule has 1 aliphatic heterocycles. The molecule has 1 saturated heterocycles. The van der Waals surface area contributed by atoms with Crippen molar-refractivity contribution in [1.82, 2.24) is 25.3 Å². The van der Waals surface area contributed by atoms with Crippen LogP contribution in [0.3, 0.4) is 0 Å². The van der Waals surface area contributed by atoms with Gasteiger partial charge in [-0.2, -0.15) is 4.98 Å². The van der Waals surface area contributed by atoms with Crippen molar-refractivity contribution >= 4 is 29.1 Å². The first kappa shape index (κ1) is 25.6. The highest BCUT2D eigenvalue weighted by atomic mass is 35.5. The summed E-state index contributed by atoms with van der Waals surface area (Å²) in [6.07, 6.45) is 5.01. The van der Waals surface area contributed by atoms with Crippen LogP contribution in [0.5, 0.6) is 0 Å². The number of anilines is 1. The van der Waals surface area contributed by atoms with Crippen LogP contribution < -0.4 is 10.6 Å². The summed E-state index contributed by atoms with van der Waals surface area (Å²) in [5.41, 5.74) is 2.62. The van der Waals surface area contributed by atoms with Crippen LogP contribution in [-0.2, 0) is 17.9 Å². The second-order valence-electron chi connectivity index (χ2n) is 9.17. The molecule has 4 aromatic rings. The number of hydrogen-bond donors (Lipinski definition) is 2. The van der Waals surface area contributed by atoms with Gasteiger partial charge in [0.05, 0.1) is 23.7 Å². The van der Waals surface area contributed by atoms with Crippen molar-refractivity contribution in [2.75, 3.05) is 18.4 Å². The second-order valence-corrected chi connectivity index (χ2v) is 9.61. The van der Waals surface area contributed by atoms with E-state index in [-0.39, 0.29) is 17.7 Å². The Labute approximate surface area is 225 Å². The molecule has 0 bridgehead atoms. The van der Waals surface area contributed by atoms with Crippen LogP contribution >= 0.6 is 11.6 Å². The standard InChI is InChI=1S/C28H27ClN6O3/c29-22-11-9-20(10-12-22)26-33-25(38-34-26)18-35-14-4-6-21(17-35)27(36)32-24-8-2-1-7-23(24)28(37)31-16-19-5-3-13-30-15-19/h1-3,5,7-13,15,21H,4,6,14,16-18H2,(H,31,37)(H,32,36). The number of carbonyl (C=O) groups excluding carboxylic acids is 2. The fourth-order valence-electron chi connectivity index (χ4n) is 4.44. The molecule has 0 spiro atoms. The Morgan fingerprint density at radius 1 is 1.08 bits per heavy atom. The molecule has 2 amide bonds. The molecule has 0 aliphatic carbocycles. The first-order valence-electron chi connectivity index (χ1n) is 12.4. The summed E-state index contributed by atoms with van der Waals surface area (Å²) in [7, 11) is 0. The summed E-state index contributed by atoms with van der Waals surface area (Å²) >= 11 is 5.96. The van der Waals surface area contributed by atoms with Gasteiger partial charge in [-0.1, -0.05) is 35.0 Å². The number of para-hydroxylation sites is 1. The third kappa shape index (κ3) is 6.42. The minimum Gasteiger partial charge on any atom is -0.348 e. The van der Waals surface area contributed by atoms with Crippen LogP contribution in [-0.4, -0.2) is 44.9 Å². The average molecular weight is 531 g/mol. The van der Waals surface area contributed by atoms with Gasteiger partial charge in [-0.3, -0.25) is 19.5 Å². The van der Waals surface area contributed by atoms with Crippen molar-refractivity contribution in [3.05, 3.63) is 95.1 Å². The van der Waals surface area contributed by atoms with Crippen molar-refractivity contribution in [3.63, 3.8) is 0 Å². The number of hydrogen-bond acceptors (Lipinski definition) is 7. The Hall–Kier alpha value is -4.08. The third-order valence-electron chi connectivity index (χ3n) is 6.41. The minimum atomic E-state index is -0.261. The number of rotatable bonds is 8. The molecule has 10 heteroatoms. The number of benzene rings is 2. The first-order chi connectivity index (χ1) is 18.5. The number of pyridine rings is 1. The summed E-state index contributed by atoms with van der Waals surface area (Å²) in [5, 5.41) is 10.6. The predicted octanol–water partition coefficient (Wildman–Crippen LogP) is 4.57. The Morgan fingerprint density at radius 2 is 1.92 bits per heavy atom. The number of amides is 2. The number of nitrogens with zero attached hydrogens (tertiary/aromatic N) is 4. The summed E-state index contributed by atoms with van der Waals surface area (Å²) in [6, 6.07) is 18.0. The largest absolute Gasteiger partial charge is 0.348 e. The maximum atomic E-state index is 13.2. The van der Waals surface area contributed by atoms with E-state index in [1.807, 2.05) is 24.3 Å². The first-order valence-corrected chi connectivity index (χ1v) is 12.8. The van der Waals surface area contributed by atoms with E-state index in [9.17, 15) is 9.59 Å². The lowest BCUT2D eigenvalue weighted by molar-refractivity contribution is -0.121. The molecule has 9 nitrogen and oxygen atoms in total. The molecule has 1 fully saturated rings. The Morgan fingerprint density at radius 3 is 2.74 bits per heavy atom. The zero-order valence-electron chi connectivity index (χ0n) is 20.6. The number of carbonyl (C=O) groups is 2. The van der Waals surface area contributed by atoms with Crippen molar-refractivity contribution in [1.29, 1.82) is 0 Å². The highest BCUT2D eigenvalue weighted by Crippen LogP contribution is 2.23. The van der Waals surface area contributed by atoms with E-state index in [1.165, 1.54) is 0 Å². The molecule has 2 aromatic heterocycles. The Balaban J connectivity index is 1.18. The molecule has 194 valence electrons. The maximum absolute atomic E-state index is 13.2. The van der Waals surface area contributed by atoms with Crippen LogP contribution in [0.4, 0.5) is 5.69 Å². The van der Waals surface area contributed by atoms with Crippen LogP contribution in [0, 0.1) is 5.92 Å². The fraction of sp³-hybridized carbons (Fsp3) is 0.250. The maximum Gasteiger partial charge on any atom is 0.253 e. The summed E-state index contributed by atoms with van der Waals surface area (Å²) < 4.78 is 5.46. The minimum absolute atomic E-state index is 0.116. The molecule has 38 heavy (non-hydrogen) atoms. The number of likely N-dealkylation sites (tertiary alicyclic amines) is 1. The number of aromatic nitrogens is 3. The molecule has 5 rings (SSSR count). The SMILES string of the molecule is O=C(NCc1cccnc1)c1ccccc1NC(=O)C1CCCN(Cc2nc(-c3ccc(Cl)cc3)no2)C1. The lowest BCUT2D eigenvalue weighted by atomic mass is 9.96. The number of piperidine rings is 1. The predicted molar refractivity (Wildman–Crippen MR) is 143 cm³/mol. The van der Waals surface area contributed by atoms with Gasteiger partial charge in [0, 0.05) is 36.1 Å². The zero-order chi connectivity index (χ0) is 26.3. The lowest BCUT2D eigenvalue weighted by Gasteiger charge is -2.31. The molecule has 2 N–H and O–H groups in total. The number of nitrogens with one attached hydrogen (secondary N) is 2. The summed E-state index contributed by atoms with van der Waals surface area (Å²) in [4.78, 5) is 36.8. The highest BCUT2D eigenvalue weighted by molar-refractivity contribution is 6.30. The topological polar surface area (TPSA) is 113 Å². The normalized spacial score (nSPS) is 15.7.